The van der Waals surface area contributed by atoms with Gasteiger partial charge in [0.05, 0.1) is 17.5 Å². The molecule has 1 unspecified atom stereocenters. The third-order valence-electron chi connectivity index (χ3n) is 5.84. The summed E-state index contributed by atoms with van der Waals surface area (Å²) < 4.78 is 28.9. The molecule has 30 heavy (non-hydrogen) atoms. The monoisotopic (exact) mass is 436 g/mol. The Morgan fingerprint density at radius 2 is 1.67 bits per heavy atom. The number of rotatable bonds is 3. The van der Waals surface area contributed by atoms with Gasteiger partial charge in [0.15, 0.2) is 0 Å². The number of nitrogens with zero attached hydrogens (tertiary/aromatic N) is 1. The second-order valence-corrected chi connectivity index (χ2v) is 10.1. The third kappa shape index (κ3) is 3.23. The molecule has 5 rings (SSSR count). The van der Waals surface area contributed by atoms with Gasteiger partial charge in [0.2, 0.25) is 10.0 Å². The lowest BCUT2D eigenvalue weighted by Crippen LogP contribution is -2.38. The summed E-state index contributed by atoms with van der Waals surface area (Å²) >= 11 is 6.09. The summed E-state index contributed by atoms with van der Waals surface area (Å²) in [6.45, 7) is 2.25. The zero-order valence-electron chi connectivity index (χ0n) is 16.5. The number of fused-ring (bicyclic) bond motifs is 3. The van der Waals surface area contributed by atoms with Crippen molar-refractivity contribution >= 4 is 32.5 Å². The molecule has 0 bridgehead atoms. The van der Waals surface area contributed by atoms with Crippen LogP contribution in [-0.2, 0) is 23.0 Å². The molecule has 0 fully saturated rings. The largest absolute Gasteiger partial charge is 0.357 e. The Kier molecular flexibility index (Phi) is 4.69. The van der Waals surface area contributed by atoms with Crippen molar-refractivity contribution in [3.05, 3.63) is 100 Å². The molecule has 4 aromatic rings. The summed E-state index contributed by atoms with van der Waals surface area (Å²) in [6, 6.07) is 22.3. The first-order valence-corrected chi connectivity index (χ1v) is 11.7. The average Bonchev–Trinajstić information content (AvgIpc) is 3.11. The van der Waals surface area contributed by atoms with Crippen LogP contribution in [0.25, 0.3) is 10.9 Å². The van der Waals surface area contributed by atoms with E-state index in [0.717, 1.165) is 27.7 Å². The van der Waals surface area contributed by atoms with E-state index in [1.807, 2.05) is 61.5 Å². The highest BCUT2D eigenvalue weighted by molar-refractivity contribution is 7.89. The Morgan fingerprint density at radius 1 is 0.967 bits per heavy atom. The molecular formula is C24H21ClN2O2S. The molecule has 0 saturated carbocycles. The SMILES string of the molecule is Cc1ccc(S(=O)(=O)N2Cc3[nH]c4ccccc4c3CC2c2ccc(Cl)cc2)cc1. The molecular weight excluding hydrogens is 416 g/mol. The Balaban J connectivity index is 1.66. The molecule has 1 aromatic heterocycles. The Morgan fingerprint density at radius 3 is 2.40 bits per heavy atom. The standard InChI is InChI=1S/C24H21ClN2O2S/c1-16-6-12-19(13-7-16)30(28,29)27-15-23-21(20-4-2-3-5-22(20)26-23)14-24(27)17-8-10-18(25)11-9-17/h2-13,24,26H,14-15H2,1H3. The third-order valence-corrected chi connectivity index (χ3v) is 7.96. The minimum absolute atomic E-state index is 0.299. The number of benzene rings is 3. The first kappa shape index (κ1) is 19.4. The van der Waals surface area contributed by atoms with Gasteiger partial charge in [-0.2, -0.15) is 4.31 Å². The highest BCUT2D eigenvalue weighted by atomic mass is 35.5. The van der Waals surface area contributed by atoms with Crippen molar-refractivity contribution in [3.63, 3.8) is 0 Å². The maximum absolute atomic E-state index is 13.7. The minimum atomic E-state index is -3.69. The van der Waals surface area contributed by atoms with Crippen molar-refractivity contribution in [2.24, 2.45) is 0 Å². The molecule has 0 spiro atoms. The first-order chi connectivity index (χ1) is 14.4. The summed E-state index contributed by atoms with van der Waals surface area (Å²) in [5.41, 5.74) is 5.13. The van der Waals surface area contributed by atoms with Gasteiger partial charge in [-0.25, -0.2) is 8.42 Å². The number of H-pyrrole nitrogens is 1. The van der Waals surface area contributed by atoms with E-state index in [1.54, 1.807) is 16.4 Å². The first-order valence-electron chi connectivity index (χ1n) is 9.86. The quantitative estimate of drug-likeness (QED) is 0.453. The zero-order valence-corrected chi connectivity index (χ0v) is 18.0. The second kappa shape index (κ2) is 7.27. The minimum Gasteiger partial charge on any atom is -0.357 e. The average molecular weight is 437 g/mol. The van der Waals surface area contributed by atoms with E-state index in [9.17, 15) is 8.42 Å². The van der Waals surface area contributed by atoms with Crippen LogP contribution in [0, 0.1) is 6.92 Å². The summed E-state index contributed by atoms with van der Waals surface area (Å²) in [6.07, 6.45) is 0.603. The molecule has 152 valence electrons. The van der Waals surface area contributed by atoms with Crippen LogP contribution in [0.4, 0.5) is 0 Å². The van der Waals surface area contributed by atoms with Crippen LogP contribution in [-0.4, -0.2) is 17.7 Å². The van der Waals surface area contributed by atoms with Gasteiger partial charge in [-0.05, 0) is 54.8 Å². The van der Waals surface area contributed by atoms with E-state index in [0.29, 0.717) is 22.9 Å². The number of aryl methyl sites for hydroxylation is 1. The number of nitrogens with one attached hydrogen (secondary N) is 1. The predicted molar refractivity (Wildman–Crippen MR) is 120 cm³/mol. The van der Waals surface area contributed by atoms with Crippen LogP contribution in [0.5, 0.6) is 0 Å². The van der Waals surface area contributed by atoms with Gasteiger partial charge in [-0.15, -0.1) is 0 Å². The van der Waals surface area contributed by atoms with Crippen molar-refractivity contribution in [3.8, 4) is 0 Å². The fourth-order valence-electron chi connectivity index (χ4n) is 4.25. The molecule has 1 aliphatic rings. The number of aromatic nitrogens is 1. The lowest BCUT2D eigenvalue weighted by molar-refractivity contribution is 0.294. The van der Waals surface area contributed by atoms with Crippen LogP contribution < -0.4 is 0 Å². The zero-order chi connectivity index (χ0) is 20.9. The van der Waals surface area contributed by atoms with Crippen molar-refractivity contribution in [2.75, 3.05) is 0 Å². The molecule has 0 amide bonds. The normalized spacial score (nSPS) is 17.2. The van der Waals surface area contributed by atoms with Crippen molar-refractivity contribution < 1.29 is 8.42 Å². The van der Waals surface area contributed by atoms with Crippen molar-refractivity contribution in [1.29, 1.82) is 0 Å². The molecule has 0 aliphatic carbocycles. The van der Waals surface area contributed by atoms with Crippen LogP contribution in [0.2, 0.25) is 5.02 Å². The van der Waals surface area contributed by atoms with Crippen molar-refractivity contribution in [2.45, 2.75) is 30.8 Å². The van der Waals surface area contributed by atoms with E-state index in [2.05, 4.69) is 11.1 Å². The molecule has 0 radical (unpaired) electrons. The van der Waals surface area contributed by atoms with Gasteiger partial charge in [0, 0.05) is 21.6 Å². The van der Waals surface area contributed by atoms with E-state index in [-0.39, 0.29) is 6.04 Å². The molecule has 2 heterocycles. The Bertz CT molecular complexity index is 1330. The lowest BCUT2D eigenvalue weighted by atomic mass is 9.93. The fraction of sp³-hybridized carbons (Fsp3) is 0.167. The van der Waals surface area contributed by atoms with Crippen molar-refractivity contribution in [1.82, 2.24) is 9.29 Å². The number of halogens is 1. The van der Waals surface area contributed by atoms with Crippen LogP contribution in [0.15, 0.2) is 77.7 Å². The Labute approximate surface area is 181 Å². The molecule has 3 aromatic carbocycles. The van der Waals surface area contributed by atoms with Crippen LogP contribution in [0.1, 0.15) is 28.4 Å². The molecule has 1 aliphatic heterocycles. The highest BCUT2D eigenvalue weighted by Gasteiger charge is 2.38. The van der Waals surface area contributed by atoms with Gasteiger partial charge >= 0.3 is 0 Å². The van der Waals surface area contributed by atoms with Gasteiger partial charge in [0.25, 0.3) is 0 Å². The van der Waals surface area contributed by atoms with Gasteiger partial charge < -0.3 is 4.98 Å². The summed E-state index contributed by atoms with van der Waals surface area (Å²) in [5, 5.41) is 1.79. The summed E-state index contributed by atoms with van der Waals surface area (Å²) in [5.74, 6) is 0. The molecule has 1 atom stereocenters. The fourth-order valence-corrected chi connectivity index (χ4v) is 5.96. The predicted octanol–water partition coefficient (Wildman–Crippen LogP) is 5.62. The lowest BCUT2D eigenvalue weighted by Gasteiger charge is -2.35. The highest BCUT2D eigenvalue weighted by Crippen LogP contribution is 2.40. The maximum Gasteiger partial charge on any atom is 0.243 e. The van der Waals surface area contributed by atoms with Crippen LogP contribution in [0.3, 0.4) is 0 Å². The number of sulfonamides is 1. The van der Waals surface area contributed by atoms with E-state index in [1.165, 1.54) is 5.56 Å². The maximum atomic E-state index is 13.7. The number of hydrogen-bond acceptors (Lipinski definition) is 2. The smallest absolute Gasteiger partial charge is 0.243 e. The van der Waals surface area contributed by atoms with Crippen LogP contribution >= 0.6 is 11.6 Å². The number of hydrogen-bond donors (Lipinski definition) is 1. The van der Waals surface area contributed by atoms with E-state index >= 15 is 0 Å². The topological polar surface area (TPSA) is 53.2 Å². The summed E-state index contributed by atoms with van der Waals surface area (Å²) in [7, 11) is -3.69. The molecule has 6 heteroatoms. The van der Waals surface area contributed by atoms with E-state index in [4.69, 9.17) is 11.6 Å². The molecule has 0 saturated heterocycles. The number of para-hydroxylation sites is 1. The van der Waals surface area contributed by atoms with Gasteiger partial charge in [0.1, 0.15) is 0 Å². The number of aromatic amines is 1. The van der Waals surface area contributed by atoms with E-state index < -0.39 is 10.0 Å². The summed E-state index contributed by atoms with van der Waals surface area (Å²) in [4.78, 5) is 3.74. The van der Waals surface area contributed by atoms with Gasteiger partial charge in [-0.3, -0.25) is 0 Å². The second-order valence-electron chi connectivity index (χ2n) is 7.76. The molecule has 1 N–H and O–H groups in total. The van der Waals surface area contributed by atoms with Gasteiger partial charge in [-0.1, -0.05) is 59.6 Å². The molecule has 4 nitrogen and oxygen atoms in total. The Hall–Kier alpha value is -2.60.